The molecule has 0 radical (unpaired) electrons. The minimum Gasteiger partial charge on any atom is -0.385 e. The van der Waals surface area contributed by atoms with Crippen LogP contribution in [-0.4, -0.2) is 31.1 Å². The van der Waals surface area contributed by atoms with Gasteiger partial charge in [0.15, 0.2) is 0 Å². The van der Waals surface area contributed by atoms with Crippen molar-refractivity contribution in [2.24, 2.45) is 0 Å². The zero-order chi connectivity index (χ0) is 10.1. The molecular weight excluding hydrogens is 230 g/mol. The van der Waals surface area contributed by atoms with E-state index in [4.69, 9.17) is 4.74 Å². The molecule has 0 spiro atoms. The van der Waals surface area contributed by atoms with Gasteiger partial charge in [-0.15, -0.1) is 0 Å². The Morgan fingerprint density at radius 3 is 2.54 bits per heavy atom. The van der Waals surface area contributed by atoms with Gasteiger partial charge >= 0.3 is 0 Å². The summed E-state index contributed by atoms with van der Waals surface area (Å²) in [5.74, 6) is 0. The number of rotatable bonds is 8. The van der Waals surface area contributed by atoms with Gasteiger partial charge in [-0.05, 0) is 26.2 Å². The lowest BCUT2D eigenvalue weighted by molar-refractivity contribution is 0.182. The number of nitrogens with one attached hydrogen (secondary N) is 1. The first-order chi connectivity index (χ1) is 6.24. The fourth-order valence-electron chi connectivity index (χ4n) is 1.32. The van der Waals surface area contributed by atoms with Gasteiger partial charge in [0, 0.05) is 31.1 Å². The van der Waals surface area contributed by atoms with Crippen molar-refractivity contribution in [2.75, 3.05) is 19.0 Å². The van der Waals surface area contributed by atoms with Gasteiger partial charge in [0.25, 0.3) is 0 Å². The van der Waals surface area contributed by atoms with Crippen LogP contribution in [0.4, 0.5) is 0 Å². The maximum Gasteiger partial charge on any atom is 0.0476 e. The third kappa shape index (κ3) is 7.47. The van der Waals surface area contributed by atoms with Crippen molar-refractivity contribution in [2.45, 2.75) is 45.2 Å². The van der Waals surface area contributed by atoms with Gasteiger partial charge in [0.2, 0.25) is 0 Å². The van der Waals surface area contributed by atoms with E-state index in [0.717, 1.165) is 18.4 Å². The number of halogens is 1. The highest BCUT2D eigenvalue weighted by Gasteiger charge is 2.08. The summed E-state index contributed by atoms with van der Waals surface area (Å²) in [4.78, 5) is 0. The van der Waals surface area contributed by atoms with Crippen molar-refractivity contribution in [3.8, 4) is 0 Å². The molecule has 0 heterocycles. The summed E-state index contributed by atoms with van der Waals surface area (Å²) in [5.41, 5.74) is 0. The molecule has 13 heavy (non-hydrogen) atoms. The average molecular weight is 252 g/mol. The monoisotopic (exact) mass is 251 g/mol. The lowest BCUT2D eigenvalue weighted by Gasteiger charge is -2.21. The van der Waals surface area contributed by atoms with Crippen molar-refractivity contribution in [3.05, 3.63) is 0 Å². The van der Waals surface area contributed by atoms with E-state index < -0.39 is 0 Å². The van der Waals surface area contributed by atoms with Crippen LogP contribution in [0.1, 0.15) is 33.1 Å². The first-order valence-electron chi connectivity index (χ1n) is 5.05. The molecule has 0 fully saturated rings. The maximum atomic E-state index is 5.04. The van der Waals surface area contributed by atoms with Crippen LogP contribution in [0.2, 0.25) is 0 Å². The zero-order valence-electron chi connectivity index (χ0n) is 8.98. The Morgan fingerprint density at radius 1 is 1.38 bits per heavy atom. The Kier molecular flexibility index (Phi) is 9.25. The third-order valence-corrected chi connectivity index (χ3v) is 2.68. The summed E-state index contributed by atoms with van der Waals surface area (Å²) in [6.07, 6.45) is 3.49. The first-order valence-corrected chi connectivity index (χ1v) is 6.17. The Balaban J connectivity index is 3.53. The second-order valence-electron chi connectivity index (χ2n) is 3.43. The maximum absolute atomic E-state index is 5.04. The summed E-state index contributed by atoms with van der Waals surface area (Å²) >= 11 is 3.47. The molecule has 2 nitrogen and oxygen atoms in total. The van der Waals surface area contributed by atoms with E-state index in [0.29, 0.717) is 12.1 Å². The molecule has 0 aromatic carbocycles. The van der Waals surface area contributed by atoms with Crippen molar-refractivity contribution < 1.29 is 4.74 Å². The van der Waals surface area contributed by atoms with E-state index in [9.17, 15) is 0 Å². The second kappa shape index (κ2) is 8.97. The van der Waals surface area contributed by atoms with Gasteiger partial charge in [-0.25, -0.2) is 0 Å². The molecule has 0 rings (SSSR count). The number of methoxy groups -OCH3 is 1. The van der Waals surface area contributed by atoms with E-state index in [1.54, 1.807) is 7.11 Å². The number of hydrogen-bond donors (Lipinski definition) is 1. The molecule has 0 aromatic rings. The number of alkyl halides is 1. The molecule has 3 heteroatoms. The van der Waals surface area contributed by atoms with Crippen LogP contribution in [0.3, 0.4) is 0 Å². The van der Waals surface area contributed by atoms with Gasteiger partial charge in [-0.2, -0.15) is 0 Å². The number of ether oxygens (including phenoxy) is 1. The summed E-state index contributed by atoms with van der Waals surface area (Å²) in [7, 11) is 1.75. The van der Waals surface area contributed by atoms with Gasteiger partial charge in [-0.1, -0.05) is 22.9 Å². The molecule has 80 valence electrons. The van der Waals surface area contributed by atoms with Crippen LogP contribution in [0.5, 0.6) is 0 Å². The molecule has 0 bridgehead atoms. The quantitative estimate of drug-likeness (QED) is 0.670. The lowest BCUT2D eigenvalue weighted by atomic mass is 10.1. The molecule has 0 aliphatic heterocycles. The van der Waals surface area contributed by atoms with E-state index >= 15 is 0 Å². The molecule has 0 aromatic heterocycles. The predicted molar refractivity (Wildman–Crippen MR) is 61.6 cm³/mol. The molecule has 0 aliphatic rings. The van der Waals surface area contributed by atoms with Crippen LogP contribution in [0.15, 0.2) is 0 Å². The van der Waals surface area contributed by atoms with Crippen molar-refractivity contribution in [1.29, 1.82) is 0 Å². The fraction of sp³-hybridized carbons (Fsp3) is 1.00. The smallest absolute Gasteiger partial charge is 0.0476 e. The molecule has 1 N–H and O–H groups in total. The Labute approximate surface area is 90.6 Å². The minimum absolute atomic E-state index is 0.559. The second-order valence-corrected chi connectivity index (χ2v) is 4.23. The van der Waals surface area contributed by atoms with Crippen molar-refractivity contribution >= 4 is 15.9 Å². The average Bonchev–Trinajstić information content (AvgIpc) is 2.14. The molecule has 0 aliphatic carbocycles. The SMILES string of the molecule is CCC(CCBr)NC(C)CCOC. The summed E-state index contributed by atoms with van der Waals surface area (Å²) in [6.45, 7) is 5.29. The van der Waals surface area contributed by atoms with Crippen LogP contribution in [-0.2, 0) is 4.74 Å². The summed E-state index contributed by atoms with van der Waals surface area (Å²) in [6, 6.07) is 1.20. The topological polar surface area (TPSA) is 21.3 Å². The molecule has 2 unspecified atom stereocenters. The first kappa shape index (κ1) is 13.4. The lowest BCUT2D eigenvalue weighted by Crippen LogP contribution is -2.37. The van der Waals surface area contributed by atoms with E-state index in [-0.39, 0.29) is 0 Å². The molecule has 2 atom stereocenters. The van der Waals surface area contributed by atoms with E-state index in [1.165, 1.54) is 12.8 Å². The van der Waals surface area contributed by atoms with Crippen molar-refractivity contribution in [1.82, 2.24) is 5.32 Å². The van der Waals surface area contributed by atoms with E-state index in [2.05, 4.69) is 35.1 Å². The van der Waals surface area contributed by atoms with Crippen LogP contribution >= 0.6 is 15.9 Å². The van der Waals surface area contributed by atoms with Crippen LogP contribution in [0, 0.1) is 0 Å². The van der Waals surface area contributed by atoms with Gasteiger partial charge in [0.1, 0.15) is 0 Å². The van der Waals surface area contributed by atoms with Crippen LogP contribution < -0.4 is 5.32 Å². The molecule has 0 amide bonds. The highest BCUT2D eigenvalue weighted by atomic mass is 79.9. The zero-order valence-corrected chi connectivity index (χ0v) is 10.6. The summed E-state index contributed by atoms with van der Waals surface area (Å²) < 4.78 is 5.04. The van der Waals surface area contributed by atoms with E-state index in [1.807, 2.05) is 0 Å². The fourth-order valence-corrected chi connectivity index (χ4v) is 1.87. The predicted octanol–water partition coefficient (Wildman–Crippen LogP) is 2.56. The standard InChI is InChI=1S/C10H22BrNO/c1-4-10(5-7-11)12-9(2)6-8-13-3/h9-10,12H,4-8H2,1-3H3. The Bertz CT molecular complexity index is 111. The summed E-state index contributed by atoms with van der Waals surface area (Å²) in [5, 5.41) is 4.67. The normalized spacial score (nSPS) is 15.7. The van der Waals surface area contributed by atoms with Gasteiger partial charge in [0.05, 0.1) is 0 Å². The number of hydrogen-bond acceptors (Lipinski definition) is 2. The highest BCUT2D eigenvalue weighted by Crippen LogP contribution is 2.03. The van der Waals surface area contributed by atoms with Gasteiger partial charge < -0.3 is 10.1 Å². The van der Waals surface area contributed by atoms with Crippen molar-refractivity contribution in [3.63, 3.8) is 0 Å². The molecule has 0 saturated heterocycles. The molecule has 0 saturated carbocycles. The minimum atomic E-state index is 0.559. The highest BCUT2D eigenvalue weighted by molar-refractivity contribution is 9.09. The Morgan fingerprint density at radius 2 is 2.08 bits per heavy atom. The Hall–Kier alpha value is 0.400. The largest absolute Gasteiger partial charge is 0.385 e. The van der Waals surface area contributed by atoms with Gasteiger partial charge in [-0.3, -0.25) is 0 Å². The third-order valence-electron chi connectivity index (χ3n) is 2.23. The van der Waals surface area contributed by atoms with Crippen LogP contribution in [0.25, 0.3) is 0 Å². The molecular formula is C10H22BrNO.